The Morgan fingerprint density at radius 2 is 1.18 bits per heavy atom. The molecule has 3 aromatic carbocycles. The molecule has 1 aliphatic heterocycles. The molecule has 1 fully saturated rings. The minimum Gasteiger partial charge on any atom is -0.394 e. The lowest BCUT2D eigenvalue weighted by Gasteiger charge is -2.45. The molecule has 5 heteroatoms. The molecule has 0 aliphatic carbocycles. The van der Waals surface area contributed by atoms with Gasteiger partial charge in [0, 0.05) is 13.0 Å². The molecule has 0 unspecified atom stereocenters. The quantitative estimate of drug-likeness (QED) is 0.499. The van der Waals surface area contributed by atoms with Crippen molar-refractivity contribution in [1.29, 1.82) is 0 Å². The number of hydrogen-bond acceptors (Lipinski definition) is 5. The van der Waals surface area contributed by atoms with Gasteiger partial charge in [0.25, 0.3) is 0 Å². The summed E-state index contributed by atoms with van der Waals surface area (Å²) in [7, 11) is 1.60. The van der Waals surface area contributed by atoms with Gasteiger partial charge in [-0.2, -0.15) is 0 Å². The van der Waals surface area contributed by atoms with Crippen LogP contribution in [0.5, 0.6) is 0 Å². The van der Waals surface area contributed by atoms with Crippen molar-refractivity contribution in [3.8, 4) is 0 Å². The Balaban J connectivity index is 1.60. The number of aliphatic hydroxyl groups is 1. The lowest BCUT2D eigenvalue weighted by molar-refractivity contribution is -0.303. The highest BCUT2D eigenvalue weighted by Crippen LogP contribution is 2.34. The normalized spacial score (nSPS) is 25.1. The molecule has 0 amide bonds. The zero-order valence-corrected chi connectivity index (χ0v) is 19.0. The van der Waals surface area contributed by atoms with Gasteiger partial charge in [-0.25, -0.2) is 0 Å². The van der Waals surface area contributed by atoms with E-state index in [1.54, 1.807) is 7.11 Å². The largest absolute Gasteiger partial charge is 0.394 e. The van der Waals surface area contributed by atoms with Crippen molar-refractivity contribution in [3.63, 3.8) is 0 Å². The molecule has 5 atom stereocenters. The van der Waals surface area contributed by atoms with E-state index in [4.69, 9.17) is 18.9 Å². The minimum absolute atomic E-state index is 0.103. The second-order valence-corrected chi connectivity index (χ2v) is 8.34. The number of aliphatic hydroxyl groups excluding tert-OH is 1. The number of benzene rings is 3. The van der Waals surface area contributed by atoms with Crippen molar-refractivity contribution < 1.29 is 24.1 Å². The van der Waals surface area contributed by atoms with Crippen LogP contribution in [0.4, 0.5) is 0 Å². The molecular weight excluding hydrogens is 416 g/mol. The second-order valence-electron chi connectivity index (χ2n) is 8.34. The van der Waals surface area contributed by atoms with E-state index in [1.807, 2.05) is 78.9 Å². The van der Waals surface area contributed by atoms with Crippen molar-refractivity contribution in [1.82, 2.24) is 0 Å². The highest BCUT2D eigenvalue weighted by Gasteiger charge is 2.47. The summed E-state index contributed by atoms with van der Waals surface area (Å²) in [6, 6.07) is 30.3. The highest BCUT2D eigenvalue weighted by molar-refractivity contribution is 5.17. The first-order valence-corrected chi connectivity index (χ1v) is 11.4. The van der Waals surface area contributed by atoms with Crippen molar-refractivity contribution in [2.45, 2.75) is 44.2 Å². The molecule has 4 rings (SSSR count). The molecule has 0 saturated carbocycles. The molecular formula is C28H32O5. The summed E-state index contributed by atoms with van der Waals surface area (Å²) in [5.74, 6) is -0.103. The minimum atomic E-state index is -0.640. The summed E-state index contributed by atoms with van der Waals surface area (Å²) >= 11 is 0. The maximum Gasteiger partial charge on any atom is 0.186 e. The molecule has 33 heavy (non-hydrogen) atoms. The van der Waals surface area contributed by atoms with E-state index in [-0.39, 0.29) is 18.6 Å². The molecule has 1 aliphatic rings. The fourth-order valence-electron chi connectivity index (χ4n) is 4.39. The second kappa shape index (κ2) is 12.1. The first-order chi connectivity index (χ1) is 16.3. The molecule has 0 bridgehead atoms. The molecule has 1 saturated heterocycles. The third kappa shape index (κ3) is 6.28. The molecule has 0 radical (unpaired) electrons. The standard InChI is InChI=1S/C28H32O5/c1-30-28-27(32-20-23-15-9-4-10-16-23)26(31-19-22-13-7-3-8-14-22)24(25(18-29)33-28)17-21-11-5-2-6-12-21/h2-16,24-29H,17-20H2,1H3/t24-,25-,26+,27-,28+/m1/s1. The van der Waals surface area contributed by atoms with Gasteiger partial charge >= 0.3 is 0 Å². The van der Waals surface area contributed by atoms with Crippen LogP contribution in [0, 0.1) is 5.92 Å². The molecule has 5 nitrogen and oxygen atoms in total. The topological polar surface area (TPSA) is 57.2 Å². The van der Waals surface area contributed by atoms with Crippen LogP contribution >= 0.6 is 0 Å². The fourth-order valence-corrected chi connectivity index (χ4v) is 4.39. The predicted molar refractivity (Wildman–Crippen MR) is 126 cm³/mol. The molecule has 1 N–H and O–H groups in total. The summed E-state index contributed by atoms with van der Waals surface area (Å²) in [6.45, 7) is 0.742. The van der Waals surface area contributed by atoms with E-state index in [9.17, 15) is 5.11 Å². The summed E-state index contributed by atoms with van der Waals surface area (Å²) in [4.78, 5) is 0. The van der Waals surface area contributed by atoms with Crippen LogP contribution in [0.15, 0.2) is 91.0 Å². The summed E-state index contributed by atoms with van der Waals surface area (Å²) in [5.41, 5.74) is 3.31. The summed E-state index contributed by atoms with van der Waals surface area (Å²) in [5, 5.41) is 10.2. The van der Waals surface area contributed by atoms with E-state index in [2.05, 4.69) is 12.1 Å². The number of rotatable bonds is 10. The van der Waals surface area contributed by atoms with Crippen LogP contribution in [0.2, 0.25) is 0 Å². The highest BCUT2D eigenvalue weighted by atomic mass is 16.7. The number of methoxy groups -OCH3 is 1. The van der Waals surface area contributed by atoms with Crippen LogP contribution in [-0.4, -0.2) is 43.4 Å². The van der Waals surface area contributed by atoms with Gasteiger partial charge in [0.1, 0.15) is 6.10 Å². The van der Waals surface area contributed by atoms with Gasteiger partial charge in [-0.3, -0.25) is 0 Å². The Labute approximate surface area is 195 Å². The van der Waals surface area contributed by atoms with Crippen molar-refractivity contribution >= 4 is 0 Å². The van der Waals surface area contributed by atoms with E-state index < -0.39 is 18.5 Å². The Hall–Kier alpha value is -2.54. The molecule has 0 spiro atoms. The Kier molecular flexibility index (Phi) is 8.64. The van der Waals surface area contributed by atoms with Crippen LogP contribution in [-0.2, 0) is 38.6 Å². The molecule has 0 aromatic heterocycles. The molecule has 174 valence electrons. The third-order valence-electron chi connectivity index (χ3n) is 6.10. The van der Waals surface area contributed by atoms with Crippen molar-refractivity contribution in [2.75, 3.05) is 13.7 Å². The van der Waals surface area contributed by atoms with E-state index in [0.717, 1.165) is 16.7 Å². The van der Waals surface area contributed by atoms with E-state index >= 15 is 0 Å². The van der Waals surface area contributed by atoms with Crippen molar-refractivity contribution in [2.24, 2.45) is 5.92 Å². The molecule has 3 aromatic rings. The van der Waals surface area contributed by atoms with E-state index in [0.29, 0.717) is 19.6 Å². The predicted octanol–water partition coefficient (Wildman–Crippen LogP) is 4.38. The van der Waals surface area contributed by atoms with Crippen LogP contribution in [0.1, 0.15) is 16.7 Å². The fraction of sp³-hybridized carbons (Fsp3) is 0.357. The van der Waals surface area contributed by atoms with Crippen LogP contribution < -0.4 is 0 Å². The van der Waals surface area contributed by atoms with Gasteiger partial charge in [-0.1, -0.05) is 91.0 Å². The first-order valence-electron chi connectivity index (χ1n) is 11.4. The maximum absolute atomic E-state index is 10.2. The monoisotopic (exact) mass is 448 g/mol. The Morgan fingerprint density at radius 3 is 1.67 bits per heavy atom. The maximum atomic E-state index is 10.2. The van der Waals surface area contributed by atoms with Crippen LogP contribution in [0.25, 0.3) is 0 Å². The summed E-state index contributed by atoms with van der Waals surface area (Å²) < 4.78 is 24.7. The average molecular weight is 449 g/mol. The lowest BCUT2D eigenvalue weighted by atomic mass is 9.83. The Morgan fingerprint density at radius 1 is 0.697 bits per heavy atom. The number of hydrogen-bond donors (Lipinski definition) is 1. The zero-order chi connectivity index (χ0) is 22.9. The van der Waals surface area contributed by atoms with E-state index in [1.165, 1.54) is 0 Å². The van der Waals surface area contributed by atoms with Crippen molar-refractivity contribution in [3.05, 3.63) is 108 Å². The van der Waals surface area contributed by atoms with Gasteiger partial charge in [0.15, 0.2) is 6.29 Å². The van der Waals surface area contributed by atoms with Gasteiger partial charge < -0.3 is 24.1 Å². The van der Waals surface area contributed by atoms with Gasteiger partial charge in [0.2, 0.25) is 0 Å². The van der Waals surface area contributed by atoms with Gasteiger partial charge in [-0.05, 0) is 23.1 Å². The SMILES string of the molecule is CO[C@H]1O[C@H](CO)[C@@H](Cc2ccccc2)[C@H](OCc2ccccc2)[C@H]1OCc1ccccc1. The smallest absolute Gasteiger partial charge is 0.186 e. The van der Waals surface area contributed by atoms with Gasteiger partial charge in [-0.15, -0.1) is 0 Å². The Bertz CT molecular complexity index is 934. The van der Waals surface area contributed by atoms with Crippen LogP contribution in [0.3, 0.4) is 0 Å². The lowest BCUT2D eigenvalue weighted by Crippen LogP contribution is -2.58. The average Bonchev–Trinajstić information content (AvgIpc) is 2.88. The third-order valence-corrected chi connectivity index (χ3v) is 6.10. The molecule has 1 heterocycles. The number of ether oxygens (including phenoxy) is 4. The first kappa shape index (κ1) is 23.6. The zero-order valence-electron chi connectivity index (χ0n) is 19.0. The van der Waals surface area contributed by atoms with Gasteiger partial charge in [0.05, 0.1) is 32.0 Å². The summed E-state index contributed by atoms with van der Waals surface area (Å²) in [6.07, 6.45) is -1.14.